The molecule has 0 bridgehead atoms. The highest BCUT2D eigenvalue weighted by atomic mass is 32.2. The van der Waals surface area contributed by atoms with E-state index in [1.54, 1.807) is 24.3 Å². The van der Waals surface area contributed by atoms with Crippen LogP contribution in [-0.4, -0.2) is 33.9 Å². The molecule has 0 radical (unpaired) electrons. The van der Waals surface area contributed by atoms with Crippen LogP contribution in [0.4, 0.5) is 0 Å². The van der Waals surface area contributed by atoms with E-state index in [9.17, 15) is 8.42 Å². The van der Waals surface area contributed by atoms with E-state index < -0.39 is 9.84 Å². The van der Waals surface area contributed by atoms with E-state index in [-0.39, 0.29) is 4.90 Å². The van der Waals surface area contributed by atoms with Crippen molar-refractivity contribution >= 4 is 9.84 Å². The Labute approximate surface area is 102 Å². The van der Waals surface area contributed by atoms with Crippen LogP contribution in [0, 0.1) is 0 Å². The lowest BCUT2D eigenvalue weighted by Gasteiger charge is -2.14. The fourth-order valence-corrected chi connectivity index (χ4v) is 2.78. The van der Waals surface area contributed by atoms with E-state index in [0.717, 1.165) is 19.4 Å². The summed E-state index contributed by atoms with van der Waals surface area (Å²) in [6, 6.07) is 7.10. The van der Waals surface area contributed by atoms with E-state index >= 15 is 0 Å². The second-order valence-corrected chi connectivity index (χ2v) is 6.31. The van der Waals surface area contributed by atoms with Crippen LogP contribution >= 0.6 is 0 Å². The lowest BCUT2D eigenvalue weighted by atomic mass is 10.2. The van der Waals surface area contributed by atoms with Gasteiger partial charge in [-0.2, -0.15) is 0 Å². The van der Waals surface area contributed by atoms with E-state index in [0.29, 0.717) is 18.4 Å². The van der Waals surface area contributed by atoms with Crippen LogP contribution in [0.2, 0.25) is 0 Å². The lowest BCUT2D eigenvalue weighted by Crippen LogP contribution is -2.28. The van der Waals surface area contributed by atoms with Gasteiger partial charge in [0, 0.05) is 12.3 Å². The zero-order valence-electron chi connectivity index (χ0n) is 9.85. The highest BCUT2D eigenvalue weighted by Crippen LogP contribution is 2.23. The Morgan fingerprint density at radius 2 is 2.18 bits per heavy atom. The fraction of sp³-hybridized carbons (Fsp3) is 0.500. The van der Waals surface area contributed by atoms with E-state index in [1.807, 2.05) is 0 Å². The van der Waals surface area contributed by atoms with Crippen LogP contribution in [0.3, 0.4) is 0 Å². The Morgan fingerprint density at radius 1 is 1.41 bits per heavy atom. The molecule has 0 spiro atoms. The summed E-state index contributed by atoms with van der Waals surface area (Å²) >= 11 is 0. The first-order valence-corrected chi connectivity index (χ1v) is 7.62. The Kier molecular flexibility index (Phi) is 3.69. The van der Waals surface area contributed by atoms with Crippen molar-refractivity contribution < 1.29 is 13.2 Å². The molecule has 1 N–H and O–H groups in total. The molecule has 1 aromatic carbocycles. The third kappa shape index (κ3) is 3.20. The zero-order valence-corrected chi connectivity index (χ0v) is 10.7. The van der Waals surface area contributed by atoms with Crippen molar-refractivity contribution in [3.8, 4) is 5.75 Å². The molecule has 1 saturated heterocycles. The van der Waals surface area contributed by atoms with Crippen molar-refractivity contribution in [2.45, 2.75) is 23.8 Å². The van der Waals surface area contributed by atoms with Gasteiger partial charge in [-0.1, -0.05) is 12.1 Å². The van der Waals surface area contributed by atoms with Crippen molar-refractivity contribution in [2.24, 2.45) is 0 Å². The number of para-hydroxylation sites is 1. The molecule has 1 aliphatic rings. The molecule has 1 aromatic rings. The third-order valence-corrected chi connectivity index (χ3v) is 3.99. The molecule has 1 aliphatic heterocycles. The Balaban J connectivity index is 2.09. The van der Waals surface area contributed by atoms with Crippen LogP contribution in [0.25, 0.3) is 0 Å². The molecule has 1 fully saturated rings. The summed E-state index contributed by atoms with van der Waals surface area (Å²) in [7, 11) is -3.22. The highest BCUT2D eigenvalue weighted by molar-refractivity contribution is 7.90. The molecular weight excluding hydrogens is 238 g/mol. The average Bonchev–Trinajstić information content (AvgIpc) is 2.78. The number of benzene rings is 1. The first-order valence-electron chi connectivity index (χ1n) is 5.72. The first kappa shape index (κ1) is 12.4. The number of hydrogen-bond donors (Lipinski definition) is 1. The second kappa shape index (κ2) is 5.06. The molecule has 0 amide bonds. The normalized spacial score (nSPS) is 20.4. The number of ether oxygens (including phenoxy) is 1. The van der Waals surface area contributed by atoms with Gasteiger partial charge in [-0.25, -0.2) is 8.42 Å². The van der Waals surface area contributed by atoms with Crippen molar-refractivity contribution in [3.05, 3.63) is 24.3 Å². The third-order valence-electron chi connectivity index (χ3n) is 2.85. The molecule has 4 nitrogen and oxygen atoms in total. The van der Waals surface area contributed by atoms with E-state index in [1.165, 1.54) is 6.26 Å². The topological polar surface area (TPSA) is 55.4 Å². The minimum absolute atomic E-state index is 0.262. The average molecular weight is 255 g/mol. The van der Waals surface area contributed by atoms with Crippen molar-refractivity contribution in [1.82, 2.24) is 5.32 Å². The zero-order chi connectivity index (χ0) is 12.3. The summed E-state index contributed by atoms with van der Waals surface area (Å²) in [5, 5.41) is 3.31. The van der Waals surface area contributed by atoms with Crippen LogP contribution in [-0.2, 0) is 9.84 Å². The number of sulfone groups is 1. The number of nitrogens with one attached hydrogen (secondary N) is 1. The minimum Gasteiger partial charge on any atom is -0.491 e. The summed E-state index contributed by atoms with van der Waals surface area (Å²) in [6.07, 6.45) is 3.44. The van der Waals surface area contributed by atoms with Crippen molar-refractivity contribution in [2.75, 3.05) is 19.4 Å². The molecule has 0 aromatic heterocycles. The lowest BCUT2D eigenvalue weighted by molar-refractivity contribution is 0.271. The molecule has 1 atom stereocenters. The molecule has 94 valence electrons. The van der Waals surface area contributed by atoms with Crippen LogP contribution in [0.15, 0.2) is 29.2 Å². The number of rotatable bonds is 4. The Morgan fingerprint density at radius 3 is 2.82 bits per heavy atom. The summed E-state index contributed by atoms with van der Waals surface area (Å²) < 4.78 is 28.7. The van der Waals surface area contributed by atoms with Gasteiger partial charge in [0.2, 0.25) is 0 Å². The second-order valence-electron chi connectivity index (χ2n) is 4.32. The van der Waals surface area contributed by atoms with Crippen molar-refractivity contribution in [3.63, 3.8) is 0 Å². The molecule has 5 heteroatoms. The van der Waals surface area contributed by atoms with Gasteiger partial charge in [0.05, 0.1) is 0 Å². The van der Waals surface area contributed by atoms with Crippen LogP contribution in [0.1, 0.15) is 12.8 Å². The maximum absolute atomic E-state index is 11.6. The summed E-state index contributed by atoms with van der Waals surface area (Å²) in [5.74, 6) is 0.448. The molecule has 0 saturated carbocycles. The van der Waals surface area contributed by atoms with Gasteiger partial charge in [-0.15, -0.1) is 0 Å². The summed E-state index contributed by atoms with van der Waals surface area (Å²) in [6.45, 7) is 1.54. The Hall–Kier alpha value is -1.07. The fourth-order valence-electron chi connectivity index (χ4n) is 1.97. The van der Waals surface area contributed by atoms with E-state index in [4.69, 9.17) is 4.74 Å². The van der Waals surface area contributed by atoms with E-state index in [2.05, 4.69) is 5.32 Å². The highest BCUT2D eigenvalue weighted by Gasteiger charge is 2.17. The smallest absolute Gasteiger partial charge is 0.179 e. The Bertz CT molecular complexity index is 478. The van der Waals surface area contributed by atoms with Gasteiger partial charge in [0.15, 0.2) is 9.84 Å². The largest absolute Gasteiger partial charge is 0.491 e. The minimum atomic E-state index is -3.22. The molecule has 17 heavy (non-hydrogen) atoms. The van der Waals surface area contributed by atoms with Crippen LogP contribution in [0.5, 0.6) is 5.75 Å². The van der Waals surface area contributed by atoms with Gasteiger partial charge in [-0.3, -0.25) is 0 Å². The van der Waals surface area contributed by atoms with Gasteiger partial charge in [-0.05, 0) is 31.5 Å². The quantitative estimate of drug-likeness (QED) is 0.879. The molecule has 0 aliphatic carbocycles. The molecular formula is C12H17NO3S. The maximum Gasteiger partial charge on any atom is 0.179 e. The summed E-state index contributed by atoms with van der Waals surface area (Å²) in [4.78, 5) is 0.262. The standard InChI is InChI=1S/C12H17NO3S/c1-17(14,15)12-7-3-2-6-11(12)16-9-10-5-4-8-13-10/h2-3,6-7,10,13H,4-5,8-9H2,1H3. The SMILES string of the molecule is CS(=O)(=O)c1ccccc1OCC1CCCN1. The molecule has 1 unspecified atom stereocenters. The monoisotopic (exact) mass is 255 g/mol. The molecule has 2 rings (SSSR count). The van der Waals surface area contributed by atoms with Crippen molar-refractivity contribution in [1.29, 1.82) is 0 Å². The molecule has 1 heterocycles. The number of hydrogen-bond acceptors (Lipinski definition) is 4. The summed E-state index contributed by atoms with van der Waals surface area (Å²) in [5.41, 5.74) is 0. The van der Waals surface area contributed by atoms with Gasteiger partial charge >= 0.3 is 0 Å². The predicted octanol–water partition coefficient (Wildman–Crippen LogP) is 1.22. The van der Waals surface area contributed by atoms with Gasteiger partial charge in [0.25, 0.3) is 0 Å². The predicted molar refractivity (Wildman–Crippen MR) is 66.1 cm³/mol. The van der Waals surface area contributed by atoms with Crippen LogP contribution < -0.4 is 10.1 Å². The van der Waals surface area contributed by atoms with Gasteiger partial charge in [0.1, 0.15) is 17.3 Å². The maximum atomic E-state index is 11.6. The van der Waals surface area contributed by atoms with Gasteiger partial charge < -0.3 is 10.1 Å². The first-order chi connectivity index (χ1) is 8.07.